The zero-order valence-corrected chi connectivity index (χ0v) is 9.48. The molecule has 0 saturated carbocycles. The Kier molecular flexibility index (Phi) is 3.28. The van der Waals surface area contributed by atoms with E-state index < -0.39 is 0 Å². The number of nitrogen functional groups attached to an aromatic ring is 1. The third-order valence-corrected chi connectivity index (χ3v) is 2.53. The fourth-order valence-electron chi connectivity index (χ4n) is 1.37. The Morgan fingerprint density at radius 2 is 1.19 bits per heavy atom. The van der Waals surface area contributed by atoms with Gasteiger partial charge < -0.3 is 5.73 Å². The lowest BCUT2D eigenvalue weighted by Crippen LogP contribution is -1.82. The fourth-order valence-corrected chi connectivity index (χ4v) is 1.50. The smallest absolute Gasteiger partial charge is 0.0406 e. The molecule has 2 aromatic rings. The lowest BCUT2D eigenvalue weighted by atomic mass is 10.1. The second-order valence-electron chi connectivity index (χ2n) is 3.55. The SMILES string of the molecule is Nc1ccc(C=Cc2ccc(Cl)cc2)cc1. The molecule has 2 N–H and O–H groups in total. The Morgan fingerprint density at radius 1 is 0.750 bits per heavy atom. The fraction of sp³-hybridized carbons (Fsp3) is 0. The van der Waals surface area contributed by atoms with Crippen molar-refractivity contribution in [3.8, 4) is 0 Å². The average Bonchev–Trinajstić information content (AvgIpc) is 2.30. The maximum Gasteiger partial charge on any atom is 0.0406 e. The van der Waals surface area contributed by atoms with Crippen molar-refractivity contribution in [2.75, 3.05) is 5.73 Å². The van der Waals surface area contributed by atoms with Crippen LogP contribution >= 0.6 is 11.6 Å². The summed E-state index contributed by atoms with van der Waals surface area (Å²) in [6, 6.07) is 15.5. The van der Waals surface area contributed by atoms with Crippen molar-refractivity contribution in [2.45, 2.75) is 0 Å². The molecule has 0 radical (unpaired) electrons. The first kappa shape index (κ1) is 10.8. The number of nitrogens with two attached hydrogens (primary N) is 1. The maximum atomic E-state index is 5.81. The van der Waals surface area contributed by atoms with E-state index in [4.69, 9.17) is 17.3 Å². The predicted molar refractivity (Wildman–Crippen MR) is 71.2 cm³/mol. The van der Waals surface area contributed by atoms with Crippen molar-refractivity contribution in [3.63, 3.8) is 0 Å². The van der Waals surface area contributed by atoms with E-state index >= 15 is 0 Å². The highest BCUT2D eigenvalue weighted by Crippen LogP contribution is 2.13. The second kappa shape index (κ2) is 4.86. The summed E-state index contributed by atoms with van der Waals surface area (Å²) in [5, 5.41) is 0.754. The van der Waals surface area contributed by atoms with Gasteiger partial charge in [0.15, 0.2) is 0 Å². The topological polar surface area (TPSA) is 26.0 Å². The summed E-state index contributed by atoms with van der Waals surface area (Å²) in [4.78, 5) is 0. The van der Waals surface area contributed by atoms with Gasteiger partial charge in [-0.1, -0.05) is 48.0 Å². The van der Waals surface area contributed by atoms with Gasteiger partial charge in [0.05, 0.1) is 0 Å². The molecule has 80 valence electrons. The van der Waals surface area contributed by atoms with Crippen LogP contribution in [0.25, 0.3) is 12.2 Å². The van der Waals surface area contributed by atoms with Crippen LogP contribution in [0.2, 0.25) is 5.02 Å². The molecular formula is C14H12ClN. The Labute approximate surface area is 100 Å². The third-order valence-electron chi connectivity index (χ3n) is 2.27. The van der Waals surface area contributed by atoms with Gasteiger partial charge in [-0.3, -0.25) is 0 Å². The summed E-state index contributed by atoms with van der Waals surface area (Å²) >= 11 is 5.81. The van der Waals surface area contributed by atoms with E-state index in [9.17, 15) is 0 Å². The van der Waals surface area contributed by atoms with E-state index in [2.05, 4.69) is 0 Å². The minimum atomic E-state index is 0.754. The first-order chi connectivity index (χ1) is 7.74. The molecule has 0 saturated heterocycles. The molecule has 0 aliphatic carbocycles. The number of benzene rings is 2. The maximum absolute atomic E-state index is 5.81. The predicted octanol–water partition coefficient (Wildman–Crippen LogP) is 4.09. The van der Waals surface area contributed by atoms with Gasteiger partial charge in [0.1, 0.15) is 0 Å². The van der Waals surface area contributed by atoms with Crippen molar-refractivity contribution in [1.29, 1.82) is 0 Å². The molecule has 0 atom stereocenters. The van der Waals surface area contributed by atoms with Gasteiger partial charge in [0.25, 0.3) is 0 Å². The van der Waals surface area contributed by atoms with Crippen LogP contribution in [-0.2, 0) is 0 Å². The van der Waals surface area contributed by atoms with Gasteiger partial charge in [0, 0.05) is 10.7 Å². The van der Waals surface area contributed by atoms with Crippen molar-refractivity contribution in [3.05, 3.63) is 64.7 Å². The van der Waals surface area contributed by atoms with Crippen LogP contribution in [0.3, 0.4) is 0 Å². The summed E-state index contributed by atoms with van der Waals surface area (Å²) in [6.45, 7) is 0. The van der Waals surface area contributed by atoms with Crippen molar-refractivity contribution in [2.24, 2.45) is 0 Å². The Bertz CT molecular complexity index is 436. The normalized spacial score (nSPS) is 10.8. The summed E-state index contributed by atoms with van der Waals surface area (Å²) in [5.41, 5.74) is 8.65. The van der Waals surface area contributed by atoms with Gasteiger partial charge in [-0.2, -0.15) is 0 Å². The summed E-state index contributed by atoms with van der Waals surface area (Å²) < 4.78 is 0. The molecule has 2 rings (SSSR count). The van der Waals surface area contributed by atoms with Gasteiger partial charge in [-0.05, 0) is 35.4 Å². The quantitative estimate of drug-likeness (QED) is 0.609. The minimum Gasteiger partial charge on any atom is -0.399 e. The molecule has 2 heteroatoms. The van der Waals surface area contributed by atoms with E-state index in [1.807, 2.05) is 60.7 Å². The molecule has 0 amide bonds. The minimum absolute atomic E-state index is 0.754. The van der Waals surface area contributed by atoms with Gasteiger partial charge in [-0.25, -0.2) is 0 Å². The molecule has 2 aromatic carbocycles. The average molecular weight is 230 g/mol. The molecule has 0 heterocycles. The zero-order chi connectivity index (χ0) is 11.4. The van der Waals surface area contributed by atoms with Crippen molar-refractivity contribution in [1.82, 2.24) is 0 Å². The molecule has 0 spiro atoms. The summed E-state index contributed by atoms with van der Waals surface area (Å²) in [5.74, 6) is 0. The highest BCUT2D eigenvalue weighted by molar-refractivity contribution is 6.30. The second-order valence-corrected chi connectivity index (χ2v) is 3.99. The Hall–Kier alpha value is -1.73. The Morgan fingerprint density at radius 3 is 1.69 bits per heavy atom. The van der Waals surface area contributed by atoms with Crippen LogP contribution < -0.4 is 5.73 Å². The summed E-state index contributed by atoms with van der Waals surface area (Å²) in [7, 11) is 0. The van der Waals surface area contributed by atoms with Gasteiger partial charge >= 0.3 is 0 Å². The van der Waals surface area contributed by atoms with Gasteiger partial charge in [-0.15, -0.1) is 0 Å². The monoisotopic (exact) mass is 229 g/mol. The number of anilines is 1. The first-order valence-corrected chi connectivity index (χ1v) is 5.41. The standard InChI is InChI=1S/C14H12ClN/c15-13-7-3-11(4-8-13)1-2-12-5-9-14(16)10-6-12/h1-10H,16H2. The van der Waals surface area contributed by atoms with Gasteiger partial charge in [0.2, 0.25) is 0 Å². The summed E-state index contributed by atoms with van der Waals surface area (Å²) in [6.07, 6.45) is 4.09. The molecular weight excluding hydrogens is 218 g/mol. The lowest BCUT2D eigenvalue weighted by Gasteiger charge is -1.96. The highest BCUT2D eigenvalue weighted by Gasteiger charge is 1.89. The molecule has 0 unspecified atom stereocenters. The number of rotatable bonds is 2. The van der Waals surface area contributed by atoms with E-state index in [1.54, 1.807) is 0 Å². The number of halogens is 1. The van der Waals surface area contributed by atoms with Crippen LogP contribution in [0.5, 0.6) is 0 Å². The molecule has 1 nitrogen and oxygen atoms in total. The largest absolute Gasteiger partial charge is 0.399 e. The lowest BCUT2D eigenvalue weighted by molar-refractivity contribution is 1.63. The number of hydrogen-bond donors (Lipinski definition) is 1. The molecule has 0 aliphatic heterocycles. The third kappa shape index (κ3) is 2.88. The van der Waals surface area contributed by atoms with Crippen molar-refractivity contribution >= 4 is 29.4 Å². The van der Waals surface area contributed by atoms with E-state index in [0.29, 0.717) is 0 Å². The molecule has 0 fully saturated rings. The highest BCUT2D eigenvalue weighted by atomic mass is 35.5. The van der Waals surface area contributed by atoms with Crippen molar-refractivity contribution < 1.29 is 0 Å². The molecule has 0 bridgehead atoms. The van der Waals surface area contributed by atoms with E-state index in [1.165, 1.54) is 0 Å². The van der Waals surface area contributed by atoms with Crippen LogP contribution in [0, 0.1) is 0 Å². The van der Waals surface area contributed by atoms with Crippen LogP contribution in [0.1, 0.15) is 11.1 Å². The molecule has 0 aliphatic rings. The zero-order valence-electron chi connectivity index (χ0n) is 8.73. The van der Waals surface area contributed by atoms with Crippen LogP contribution in [0.15, 0.2) is 48.5 Å². The van der Waals surface area contributed by atoms with Crippen LogP contribution in [-0.4, -0.2) is 0 Å². The van der Waals surface area contributed by atoms with E-state index in [0.717, 1.165) is 21.8 Å². The molecule has 16 heavy (non-hydrogen) atoms. The number of hydrogen-bond acceptors (Lipinski definition) is 1. The van der Waals surface area contributed by atoms with E-state index in [-0.39, 0.29) is 0 Å². The first-order valence-electron chi connectivity index (χ1n) is 5.03. The van der Waals surface area contributed by atoms with Crippen LogP contribution in [0.4, 0.5) is 5.69 Å². The molecule has 0 aromatic heterocycles. The Balaban J connectivity index is 2.15.